The molecule has 1 unspecified atom stereocenters. The van der Waals surface area contributed by atoms with Crippen LogP contribution in [-0.4, -0.2) is 24.2 Å². The minimum atomic E-state index is -0.900. The minimum absolute atomic E-state index is 0.110. The van der Waals surface area contributed by atoms with Gasteiger partial charge in [-0.1, -0.05) is 29.3 Å². The zero-order valence-electron chi connectivity index (χ0n) is 12.6. The van der Waals surface area contributed by atoms with E-state index in [2.05, 4.69) is 5.32 Å². The number of rotatable bonds is 6. The molecule has 0 radical (unpaired) electrons. The fraction of sp³-hybridized carbons (Fsp3) is 0.235. The summed E-state index contributed by atoms with van der Waals surface area (Å²) in [6.45, 7) is 0.603. The quantitative estimate of drug-likeness (QED) is 0.814. The second kappa shape index (κ2) is 7.30. The topological polar surface area (TPSA) is 67.8 Å². The first-order valence-electron chi connectivity index (χ1n) is 7.31. The molecule has 7 heteroatoms. The maximum Gasteiger partial charge on any atom is 0.317 e. The van der Waals surface area contributed by atoms with Gasteiger partial charge in [0.2, 0.25) is 0 Å². The van der Waals surface area contributed by atoms with Gasteiger partial charge >= 0.3 is 5.97 Å². The summed E-state index contributed by atoms with van der Waals surface area (Å²) in [5.41, 5.74) is 1.76. The van der Waals surface area contributed by atoms with Gasteiger partial charge in [0.25, 0.3) is 0 Å². The van der Waals surface area contributed by atoms with Gasteiger partial charge in [-0.25, -0.2) is 0 Å². The van der Waals surface area contributed by atoms with Gasteiger partial charge < -0.3 is 14.6 Å². The van der Waals surface area contributed by atoms with Crippen molar-refractivity contribution in [1.82, 2.24) is 5.32 Å². The minimum Gasteiger partial charge on any atom is -0.491 e. The van der Waals surface area contributed by atoms with Gasteiger partial charge in [-0.2, -0.15) is 0 Å². The molecule has 0 saturated heterocycles. The fourth-order valence-corrected chi connectivity index (χ4v) is 2.92. The summed E-state index contributed by atoms with van der Waals surface area (Å²) >= 11 is 12.0. The molecule has 126 valence electrons. The average Bonchev–Trinajstić information content (AvgIpc) is 2.94. The molecule has 0 saturated carbocycles. The summed E-state index contributed by atoms with van der Waals surface area (Å²) < 4.78 is 11.3. The SMILES string of the molecule is O=C(O)CNC1COc2cc(OCc3ccc(Cl)cc3Cl)ccc21. The molecule has 2 N–H and O–H groups in total. The van der Waals surface area contributed by atoms with Gasteiger partial charge in [0.05, 0.1) is 12.6 Å². The molecule has 2 aromatic carbocycles. The highest BCUT2D eigenvalue weighted by atomic mass is 35.5. The van der Waals surface area contributed by atoms with Crippen molar-refractivity contribution in [3.8, 4) is 11.5 Å². The smallest absolute Gasteiger partial charge is 0.317 e. The molecule has 1 aliphatic heterocycles. The van der Waals surface area contributed by atoms with Gasteiger partial charge in [0.15, 0.2) is 0 Å². The predicted molar refractivity (Wildman–Crippen MR) is 91.1 cm³/mol. The van der Waals surface area contributed by atoms with E-state index in [0.717, 1.165) is 11.1 Å². The molecule has 0 fully saturated rings. The molecular formula is C17H15Cl2NO4. The molecule has 0 bridgehead atoms. The highest BCUT2D eigenvalue weighted by Gasteiger charge is 2.24. The Kier molecular flexibility index (Phi) is 5.14. The van der Waals surface area contributed by atoms with E-state index in [0.29, 0.717) is 34.8 Å². The van der Waals surface area contributed by atoms with E-state index < -0.39 is 5.97 Å². The second-order valence-corrected chi connectivity index (χ2v) is 6.21. The lowest BCUT2D eigenvalue weighted by Gasteiger charge is -2.11. The Hall–Kier alpha value is -1.95. The Balaban J connectivity index is 1.65. The van der Waals surface area contributed by atoms with Crippen LogP contribution in [0.3, 0.4) is 0 Å². The van der Waals surface area contributed by atoms with Crippen molar-refractivity contribution < 1.29 is 19.4 Å². The first kappa shape index (κ1) is 16.9. The van der Waals surface area contributed by atoms with Gasteiger partial charge in [0, 0.05) is 27.2 Å². The number of carboxylic acid groups (broad SMARTS) is 1. The standard InChI is InChI=1S/C17H15Cl2NO4/c18-11-2-1-10(14(19)5-11)8-23-12-3-4-13-15(20-7-17(21)22)9-24-16(13)6-12/h1-6,15,20H,7-9H2,(H,21,22). The Bertz CT molecular complexity index is 766. The van der Waals surface area contributed by atoms with Crippen LogP contribution < -0.4 is 14.8 Å². The first-order valence-corrected chi connectivity index (χ1v) is 8.07. The van der Waals surface area contributed by atoms with Crippen LogP contribution in [0.1, 0.15) is 17.2 Å². The molecular weight excluding hydrogens is 353 g/mol. The first-order chi connectivity index (χ1) is 11.5. The second-order valence-electron chi connectivity index (χ2n) is 5.36. The molecule has 0 amide bonds. The number of nitrogens with one attached hydrogen (secondary N) is 1. The van der Waals surface area contributed by atoms with Crippen molar-refractivity contribution in [3.63, 3.8) is 0 Å². The fourth-order valence-electron chi connectivity index (χ4n) is 2.46. The molecule has 5 nitrogen and oxygen atoms in total. The van der Waals surface area contributed by atoms with E-state index in [1.54, 1.807) is 18.2 Å². The zero-order chi connectivity index (χ0) is 17.1. The summed E-state index contributed by atoms with van der Waals surface area (Å²) in [5, 5.41) is 12.8. The summed E-state index contributed by atoms with van der Waals surface area (Å²) in [6, 6.07) is 10.6. The van der Waals surface area contributed by atoms with Gasteiger partial charge in [-0.15, -0.1) is 0 Å². The molecule has 1 atom stereocenters. The summed E-state index contributed by atoms with van der Waals surface area (Å²) in [7, 11) is 0. The van der Waals surface area contributed by atoms with E-state index >= 15 is 0 Å². The third-order valence-electron chi connectivity index (χ3n) is 3.68. The molecule has 1 heterocycles. The number of fused-ring (bicyclic) bond motifs is 1. The number of ether oxygens (including phenoxy) is 2. The molecule has 0 spiro atoms. The molecule has 0 aromatic heterocycles. The third kappa shape index (κ3) is 3.93. The lowest BCUT2D eigenvalue weighted by Crippen LogP contribution is -2.28. The van der Waals surface area contributed by atoms with Crippen LogP contribution in [0.5, 0.6) is 11.5 Å². The average molecular weight is 368 g/mol. The predicted octanol–water partition coefficient (Wildman–Crippen LogP) is 3.68. The van der Waals surface area contributed by atoms with Crippen LogP contribution in [0.15, 0.2) is 36.4 Å². The van der Waals surface area contributed by atoms with Crippen molar-refractivity contribution >= 4 is 29.2 Å². The number of hydrogen-bond acceptors (Lipinski definition) is 4. The highest BCUT2D eigenvalue weighted by Crippen LogP contribution is 2.35. The van der Waals surface area contributed by atoms with Crippen molar-refractivity contribution in [2.45, 2.75) is 12.6 Å². The number of carbonyl (C=O) groups is 1. The normalized spacial score (nSPS) is 15.7. The molecule has 1 aliphatic rings. The zero-order valence-corrected chi connectivity index (χ0v) is 14.1. The lowest BCUT2D eigenvalue weighted by molar-refractivity contribution is -0.136. The Morgan fingerprint density at radius 1 is 1.29 bits per heavy atom. The van der Waals surface area contributed by atoms with Crippen LogP contribution in [-0.2, 0) is 11.4 Å². The van der Waals surface area contributed by atoms with Crippen LogP contribution in [0, 0.1) is 0 Å². The van der Waals surface area contributed by atoms with Crippen molar-refractivity contribution in [1.29, 1.82) is 0 Å². The Morgan fingerprint density at radius 3 is 2.88 bits per heavy atom. The van der Waals surface area contributed by atoms with E-state index in [1.807, 2.05) is 18.2 Å². The van der Waals surface area contributed by atoms with Crippen LogP contribution in [0.25, 0.3) is 0 Å². The van der Waals surface area contributed by atoms with E-state index in [1.165, 1.54) is 0 Å². The van der Waals surface area contributed by atoms with Crippen molar-refractivity contribution in [2.24, 2.45) is 0 Å². The molecule has 0 aliphatic carbocycles. The van der Waals surface area contributed by atoms with E-state index in [-0.39, 0.29) is 12.6 Å². The monoisotopic (exact) mass is 367 g/mol. The summed E-state index contributed by atoms with van der Waals surface area (Å²) in [6.07, 6.45) is 0. The summed E-state index contributed by atoms with van der Waals surface area (Å²) in [5.74, 6) is 0.444. The van der Waals surface area contributed by atoms with Crippen LogP contribution >= 0.6 is 23.2 Å². The van der Waals surface area contributed by atoms with E-state index in [9.17, 15) is 4.79 Å². The maximum absolute atomic E-state index is 10.6. The number of hydrogen-bond donors (Lipinski definition) is 2. The van der Waals surface area contributed by atoms with Crippen LogP contribution in [0.4, 0.5) is 0 Å². The highest BCUT2D eigenvalue weighted by molar-refractivity contribution is 6.35. The number of aliphatic carboxylic acids is 1. The number of benzene rings is 2. The van der Waals surface area contributed by atoms with Gasteiger partial charge in [-0.3, -0.25) is 10.1 Å². The molecule has 24 heavy (non-hydrogen) atoms. The molecule has 2 aromatic rings. The largest absolute Gasteiger partial charge is 0.491 e. The summed E-state index contributed by atoms with van der Waals surface area (Å²) in [4.78, 5) is 10.6. The maximum atomic E-state index is 10.6. The Labute approximate surface area is 149 Å². The number of halogens is 2. The van der Waals surface area contributed by atoms with E-state index in [4.69, 9.17) is 37.8 Å². The van der Waals surface area contributed by atoms with Crippen LogP contribution in [0.2, 0.25) is 10.0 Å². The number of carboxylic acids is 1. The van der Waals surface area contributed by atoms with Crippen molar-refractivity contribution in [3.05, 3.63) is 57.6 Å². The Morgan fingerprint density at radius 2 is 2.12 bits per heavy atom. The lowest BCUT2D eigenvalue weighted by atomic mass is 10.1. The van der Waals surface area contributed by atoms with Crippen molar-refractivity contribution in [2.75, 3.05) is 13.2 Å². The molecule has 3 rings (SSSR count). The van der Waals surface area contributed by atoms with Gasteiger partial charge in [0.1, 0.15) is 24.7 Å². The third-order valence-corrected chi connectivity index (χ3v) is 4.26. The van der Waals surface area contributed by atoms with Gasteiger partial charge in [-0.05, 0) is 24.3 Å².